The molecule has 1 aliphatic rings. The zero-order valence-electron chi connectivity index (χ0n) is 19.9. The van der Waals surface area contributed by atoms with Crippen molar-refractivity contribution in [1.29, 1.82) is 0 Å². The number of aryl methyl sites for hydroxylation is 2. The standard InChI is InChI=1S/C29H34N2O2/c1-4-26(33-27-16-15-22(2)21-23(27)3)29(32)31-19-17-30(18-20-31)28(24-11-7-5-8-12-24)25-13-9-6-10-14-25/h5-16,21,26,28H,4,17-20H2,1-3H3/t26-/m1/s1. The highest BCUT2D eigenvalue weighted by atomic mass is 16.5. The van der Waals surface area contributed by atoms with Gasteiger partial charge in [-0.15, -0.1) is 0 Å². The third-order valence-electron chi connectivity index (χ3n) is 6.47. The molecule has 4 heteroatoms. The van der Waals surface area contributed by atoms with Gasteiger partial charge >= 0.3 is 0 Å². The second kappa shape index (κ2) is 10.7. The molecule has 0 aliphatic carbocycles. The van der Waals surface area contributed by atoms with Crippen LogP contribution in [0.25, 0.3) is 0 Å². The summed E-state index contributed by atoms with van der Waals surface area (Å²) in [6, 6.07) is 27.6. The van der Waals surface area contributed by atoms with E-state index in [1.54, 1.807) is 0 Å². The third-order valence-corrected chi connectivity index (χ3v) is 6.47. The molecule has 1 atom stereocenters. The molecule has 0 saturated carbocycles. The average Bonchev–Trinajstić information content (AvgIpc) is 2.85. The summed E-state index contributed by atoms with van der Waals surface area (Å²) in [7, 11) is 0. The summed E-state index contributed by atoms with van der Waals surface area (Å²) in [5.74, 6) is 0.890. The van der Waals surface area contributed by atoms with Crippen molar-refractivity contribution in [3.63, 3.8) is 0 Å². The minimum absolute atomic E-state index is 0.0908. The monoisotopic (exact) mass is 442 g/mol. The van der Waals surface area contributed by atoms with Gasteiger partial charge in [-0.25, -0.2) is 0 Å². The fourth-order valence-corrected chi connectivity index (χ4v) is 4.68. The second-order valence-electron chi connectivity index (χ2n) is 8.87. The Hall–Kier alpha value is -3.11. The van der Waals surface area contributed by atoms with Gasteiger partial charge in [-0.1, -0.05) is 85.3 Å². The molecule has 1 fully saturated rings. The minimum Gasteiger partial charge on any atom is -0.480 e. The number of hydrogen-bond donors (Lipinski definition) is 0. The van der Waals surface area contributed by atoms with Crippen LogP contribution in [0.3, 0.4) is 0 Å². The van der Waals surface area contributed by atoms with Gasteiger partial charge in [0.1, 0.15) is 5.75 Å². The summed E-state index contributed by atoms with van der Waals surface area (Å²) in [6.07, 6.45) is 0.209. The number of carbonyl (C=O) groups excluding carboxylic acids is 1. The summed E-state index contributed by atoms with van der Waals surface area (Å²) in [5.41, 5.74) is 4.84. The van der Waals surface area contributed by atoms with Gasteiger partial charge in [-0.2, -0.15) is 0 Å². The molecule has 4 rings (SSSR count). The molecule has 172 valence electrons. The molecule has 0 bridgehead atoms. The van der Waals surface area contributed by atoms with Gasteiger partial charge in [-0.05, 0) is 43.0 Å². The van der Waals surface area contributed by atoms with Crippen LogP contribution in [-0.2, 0) is 4.79 Å². The molecule has 1 amide bonds. The van der Waals surface area contributed by atoms with Crippen LogP contribution in [0.15, 0.2) is 78.9 Å². The fourth-order valence-electron chi connectivity index (χ4n) is 4.68. The number of hydrogen-bond acceptors (Lipinski definition) is 3. The van der Waals surface area contributed by atoms with Gasteiger partial charge < -0.3 is 9.64 Å². The lowest BCUT2D eigenvalue weighted by Crippen LogP contribution is -2.53. The number of rotatable bonds is 7. The predicted molar refractivity (Wildman–Crippen MR) is 134 cm³/mol. The lowest BCUT2D eigenvalue weighted by Gasteiger charge is -2.40. The number of amides is 1. The first kappa shape index (κ1) is 23.1. The Balaban J connectivity index is 1.44. The van der Waals surface area contributed by atoms with Crippen molar-refractivity contribution >= 4 is 5.91 Å². The van der Waals surface area contributed by atoms with E-state index < -0.39 is 6.10 Å². The van der Waals surface area contributed by atoms with Crippen molar-refractivity contribution in [2.24, 2.45) is 0 Å². The van der Waals surface area contributed by atoms with Crippen molar-refractivity contribution in [3.8, 4) is 5.75 Å². The SMILES string of the molecule is CC[C@@H](Oc1ccc(C)cc1C)C(=O)N1CCN(C(c2ccccc2)c2ccccc2)CC1. The molecule has 0 radical (unpaired) electrons. The van der Waals surface area contributed by atoms with Gasteiger partial charge in [0, 0.05) is 26.2 Å². The smallest absolute Gasteiger partial charge is 0.263 e. The largest absolute Gasteiger partial charge is 0.480 e. The highest BCUT2D eigenvalue weighted by molar-refractivity contribution is 5.81. The lowest BCUT2D eigenvalue weighted by atomic mass is 9.96. The topological polar surface area (TPSA) is 32.8 Å². The van der Waals surface area contributed by atoms with E-state index in [1.165, 1.54) is 16.7 Å². The molecule has 4 nitrogen and oxygen atoms in total. The van der Waals surface area contributed by atoms with Crippen molar-refractivity contribution in [3.05, 3.63) is 101 Å². The Morgan fingerprint density at radius 2 is 1.42 bits per heavy atom. The molecule has 3 aromatic rings. The Kier molecular flexibility index (Phi) is 7.46. The van der Waals surface area contributed by atoms with E-state index in [4.69, 9.17) is 4.74 Å². The van der Waals surface area contributed by atoms with Crippen molar-refractivity contribution < 1.29 is 9.53 Å². The molecule has 0 unspecified atom stereocenters. The highest BCUT2D eigenvalue weighted by Crippen LogP contribution is 2.30. The van der Waals surface area contributed by atoms with Crippen LogP contribution in [0.2, 0.25) is 0 Å². The molecule has 0 N–H and O–H groups in total. The van der Waals surface area contributed by atoms with E-state index in [0.717, 1.165) is 24.4 Å². The highest BCUT2D eigenvalue weighted by Gasteiger charge is 2.31. The Morgan fingerprint density at radius 1 is 0.848 bits per heavy atom. The van der Waals surface area contributed by atoms with E-state index in [-0.39, 0.29) is 11.9 Å². The molecule has 0 spiro atoms. The number of benzene rings is 3. The Morgan fingerprint density at radius 3 is 1.94 bits per heavy atom. The quantitative estimate of drug-likeness (QED) is 0.491. The van der Waals surface area contributed by atoms with Gasteiger partial charge in [0.25, 0.3) is 5.91 Å². The first-order chi connectivity index (χ1) is 16.1. The molecular formula is C29H34N2O2. The van der Waals surface area contributed by atoms with E-state index in [9.17, 15) is 4.79 Å². The second-order valence-corrected chi connectivity index (χ2v) is 8.87. The fraction of sp³-hybridized carbons (Fsp3) is 0.345. The van der Waals surface area contributed by atoms with Crippen LogP contribution in [0, 0.1) is 13.8 Å². The first-order valence-corrected chi connectivity index (χ1v) is 11.9. The molecule has 1 saturated heterocycles. The molecule has 3 aromatic carbocycles. The van der Waals surface area contributed by atoms with Gasteiger partial charge in [0.15, 0.2) is 6.10 Å². The predicted octanol–water partition coefficient (Wildman–Crippen LogP) is 5.39. The number of carbonyl (C=O) groups is 1. The van der Waals surface area contributed by atoms with Crippen LogP contribution < -0.4 is 4.74 Å². The zero-order valence-corrected chi connectivity index (χ0v) is 19.9. The van der Waals surface area contributed by atoms with E-state index in [1.807, 2.05) is 30.9 Å². The van der Waals surface area contributed by atoms with Crippen LogP contribution in [0.1, 0.15) is 41.6 Å². The van der Waals surface area contributed by atoms with Crippen LogP contribution >= 0.6 is 0 Å². The summed E-state index contributed by atoms with van der Waals surface area (Å²) in [4.78, 5) is 17.8. The summed E-state index contributed by atoms with van der Waals surface area (Å²) in [5, 5.41) is 0. The van der Waals surface area contributed by atoms with E-state index in [0.29, 0.717) is 19.5 Å². The summed E-state index contributed by atoms with van der Waals surface area (Å²) >= 11 is 0. The molecule has 1 heterocycles. The normalized spacial score (nSPS) is 15.5. The maximum atomic E-state index is 13.3. The molecule has 0 aromatic heterocycles. The Bertz CT molecular complexity index is 1000. The molecule has 1 aliphatic heterocycles. The number of nitrogens with zero attached hydrogens (tertiary/aromatic N) is 2. The first-order valence-electron chi connectivity index (χ1n) is 11.9. The van der Waals surface area contributed by atoms with E-state index in [2.05, 4.69) is 78.6 Å². The van der Waals surface area contributed by atoms with Crippen LogP contribution in [-0.4, -0.2) is 48.0 Å². The van der Waals surface area contributed by atoms with Gasteiger partial charge in [0.05, 0.1) is 6.04 Å². The average molecular weight is 443 g/mol. The molecule has 33 heavy (non-hydrogen) atoms. The third kappa shape index (κ3) is 5.45. The van der Waals surface area contributed by atoms with Crippen LogP contribution in [0.4, 0.5) is 0 Å². The van der Waals surface area contributed by atoms with E-state index >= 15 is 0 Å². The van der Waals surface area contributed by atoms with Gasteiger partial charge in [0.2, 0.25) is 0 Å². The summed E-state index contributed by atoms with van der Waals surface area (Å²) in [6.45, 7) is 9.20. The summed E-state index contributed by atoms with van der Waals surface area (Å²) < 4.78 is 6.17. The maximum absolute atomic E-state index is 13.3. The minimum atomic E-state index is -0.447. The zero-order chi connectivity index (χ0) is 23.2. The van der Waals surface area contributed by atoms with Crippen LogP contribution in [0.5, 0.6) is 5.75 Å². The number of ether oxygens (including phenoxy) is 1. The van der Waals surface area contributed by atoms with Crippen molar-refractivity contribution in [2.45, 2.75) is 39.3 Å². The van der Waals surface area contributed by atoms with Crippen molar-refractivity contribution in [1.82, 2.24) is 9.80 Å². The van der Waals surface area contributed by atoms with Crippen molar-refractivity contribution in [2.75, 3.05) is 26.2 Å². The number of piperazine rings is 1. The molecular weight excluding hydrogens is 408 g/mol. The van der Waals surface area contributed by atoms with Gasteiger partial charge in [-0.3, -0.25) is 9.69 Å². The maximum Gasteiger partial charge on any atom is 0.263 e. The Labute approximate surface area is 197 Å². The lowest BCUT2D eigenvalue weighted by molar-refractivity contribution is -0.140.